The van der Waals surface area contributed by atoms with E-state index in [2.05, 4.69) is 5.32 Å². The Hall–Kier alpha value is -3.74. The van der Waals surface area contributed by atoms with Gasteiger partial charge < -0.3 is 24.5 Å². The highest BCUT2D eigenvalue weighted by Gasteiger charge is 2.34. The molecule has 2 aromatic carbocycles. The molecule has 1 aliphatic rings. The summed E-state index contributed by atoms with van der Waals surface area (Å²) in [5.74, 6) is -0.184. The van der Waals surface area contributed by atoms with E-state index < -0.39 is 5.97 Å². The molecule has 0 radical (unpaired) electrons. The smallest absolute Gasteiger partial charge is 0.339 e. The van der Waals surface area contributed by atoms with Crippen LogP contribution in [0.1, 0.15) is 34.0 Å². The maximum absolute atomic E-state index is 12.4. The second-order valence-electron chi connectivity index (χ2n) is 6.75. The van der Waals surface area contributed by atoms with Crippen molar-refractivity contribution in [1.82, 2.24) is 4.57 Å². The summed E-state index contributed by atoms with van der Waals surface area (Å²) in [4.78, 5) is 24.2. The summed E-state index contributed by atoms with van der Waals surface area (Å²) in [6, 6.07) is 14.8. The first-order valence-electron chi connectivity index (χ1n) is 9.08. The number of ether oxygens (including phenoxy) is 2. The van der Waals surface area contributed by atoms with Crippen LogP contribution in [0.25, 0.3) is 5.69 Å². The number of rotatable bonds is 5. The third-order valence-corrected chi connectivity index (χ3v) is 5.13. The highest BCUT2D eigenvalue weighted by Crippen LogP contribution is 2.42. The molecule has 4 rings (SSSR count). The summed E-state index contributed by atoms with van der Waals surface area (Å²) in [6.45, 7) is 0. The van der Waals surface area contributed by atoms with Crippen LogP contribution in [-0.2, 0) is 4.79 Å². The Balaban J connectivity index is 1.90. The van der Waals surface area contributed by atoms with E-state index >= 15 is 0 Å². The Bertz CT molecular complexity index is 1070. The van der Waals surface area contributed by atoms with Gasteiger partial charge in [-0.05, 0) is 42.0 Å². The van der Waals surface area contributed by atoms with Crippen molar-refractivity contribution in [3.63, 3.8) is 0 Å². The summed E-state index contributed by atoms with van der Waals surface area (Å²) in [5, 5.41) is 12.4. The fourth-order valence-electron chi connectivity index (χ4n) is 3.70. The fourth-order valence-corrected chi connectivity index (χ4v) is 3.70. The van der Waals surface area contributed by atoms with Gasteiger partial charge in [0, 0.05) is 24.2 Å². The van der Waals surface area contributed by atoms with E-state index in [-0.39, 0.29) is 23.8 Å². The number of carbonyl (C=O) groups excluding carboxylic acids is 1. The molecule has 1 aliphatic heterocycles. The molecule has 1 amide bonds. The number of nitrogens with zero attached hydrogens (tertiary/aromatic N) is 1. The van der Waals surface area contributed by atoms with Gasteiger partial charge in [0.25, 0.3) is 0 Å². The van der Waals surface area contributed by atoms with Crippen LogP contribution in [0.4, 0.5) is 5.69 Å². The van der Waals surface area contributed by atoms with E-state index in [0.717, 1.165) is 16.9 Å². The zero-order valence-corrected chi connectivity index (χ0v) is 16.0. The number of anilines is 1. The molecule has 2 N–H and O–H groups in total. The van der Waals surface area contributed by atoms with E-state index in [1.807, 2.05) is 53.1 Å². The van der Waals surface area contributed by atoms with Crippen molar-refractivity contribution in [3.05, 3.63) is 71.5 Å². The van der Waals surface area contributed by atoms with Crippen molar-refractivity contribution in [3.8, 4) is 17.2 Å². The van der Waals surface area contributed by atoms with E-state index in [1.54, 1.807) is 20.4 Å². The molecular weight excluding hydrogens is 372 g/mol. The highest BCUT2D eigenvalue weighted by molar-refractivity contribution is 6.04. The van der Waals surface area contributed by atoms with Crippen molar-refractivity contribution >= 4 is 17.6 Å². The first-order valence-corrected chi connectivity index (χ1v) is 9.08. The van der Waals surface area contributed by atoms with Gasteiger partial charge >= 0.3 is 5.97 Å². The monoisotopic (exact) mass is 392 g/mol. The third kappa shape index (κ3) is 3.31. The van der Waals surface area contributed by atoms with Crippen LogP contribution >= 0.6 is 0 Å². The molecule has 0 saturated heterocycles. The topological polar surface area (TPSA) is 89.8 Å². The van der Waals surface area contributed by atoms with Crippen LogP contribution in [-0.4, -0.2) is 35.8 Å². The number of nitrogens with one attached hydrogen (secondary N) is 1. The Kier molecular flexibility index (Phi) is 4.72. The molecule has 0 aliphatic carbocycles. The third-order valence-electron chi connectivity index (χ3n) is 5.13. The molecule has 0 fully saturated rings. The first-order chi connectivity index (χ1) is 14.0. The second-order valence-corrected chi connectivity index (χ2v) is 6.75. The quantitative estimate of drug-likeness (QED) is 0.692. The summed E-state index contributed by atoms with van der Waals surface area (Å²) >= 11 is 0. The number of carboxylic acids is 1. The molecule has 2 heterocycles. The van der Waals surface area contributed by atoms with Gasteiger partial charge in [-0.1, -0.05) is 12.1 Å². The first kappa shape index (κ1) is 18.6. The van der Waals surface area contributed by atoms with E-state index in [1.165, 1.54) is 0 Å². The predicted molar refractivity (Wildman–Crippen MR) is 107 cm³/mol. The number of hydrogen-bond acceptors (Lipinski definition) is 4. The van der Waals surface area contributed by atoms with Crippen LogP contribution in [0.2, 0.25) is 0 Å². The average Bonchev–Trinajstić information content (AvgIpc) is 3.13. The number of carboxylic acid groups (broad SMARTS) is 1. The number of carbonyl (C=O) groups is 2. The minimum Gasteiger partial charge on any atom is -0.497 e. The Morgan fingerprint density at radius 1 is 1.03 bits per heavy atom. The van der Waals surface area contributed by atoms with Crippen molar-refractivity contribution in [2.45, 2.75) is 12.3 Å². The van der Waals surface area contributed by atoms with Crippen LogP contribution < -0.4 is 14.8 Å². The normalized spacial score (nSPS) is 15.4. The van der Waals surface area contributed by atoms with Crippen LogP contribution in [0.5, 0.6) is 11.5 Å². The number of amides is 1. The molecule has 0 saturated carbocycles. The molecule has 1 atom stereocenters. The van der Waals surface area contributed by atoms with Gasteiger partial charge in [-0.3, -0.25) is 4.79 Å². The number of aromatic carboxylic acids is 1. The SMILES string of the molecule is COc1ccc([C@@H]2CC(=O)Nc3c(C(=O)O)cn(-c4ccc(OC)cc4)c32)cc1. The average molecular weight is 392 g/mol. The molecule has 1 aromatic heterocycles. The Morgan fingerprint density at radius 2 is 1.62 bits per heavy atom. The molecule has 148 valence electrons. The predicted octanol–water partition coefficient (Wildman–Crippen LogP) is 3.67. The minimum absolute atomic E-state index is 0.0578. The van der Waals surface area contributed by atoms with Crippen LogP contribution in [0.15, 0.2) is 54.7 Å². The van der Waals surface area contributed by atoms with Gasteiger partial charge in [0.2, 0.25) is 5.91 Å². The van der Waals surface area contributed by atoms with Crippen LogP contribution in [0.3, 0.4) is 0 Å². The van der Waals surface area contributed by atoms with Crippen molar-refractivity contribution < 1.29 is 24.2 Å². The number of fused-ring (bicyclic) bond motifs is 1. The van der Waals surface area contributed by atoms with Gasteiger partial charge in [-0.2, -0.15) is 0 Å². The lowest BCUT2D eigenvalue weighted by molar-refractivity contribution is -0.116. The Labute approximate surface area is 167 Å². The van der Waals surface area contributed by atoms with E-state index in [9.17, 15) is 14.7 Å². The van der Waals surface area contributed by atoms with Crippen LogP contribution in [0, 0.1) is 0 Å². The molecule has 7 nitrogen and oxygen atoms in total. The molecule has 0 unspecified atom stereocenters. The van der Waals surface area contributed by atoms with Gasteiger partial charge in [0.05, 0.1) is 25.6 Å². The maximum Gasteiger partial charge on any atom is 0.339 e. The zero-order chi connectivity index (χ0) is 20.5. The zero-order valence-electron chi connectivity index (χ0n) is 16.0. The fraction of sp³-hybridized carbons (Fsp3) is 0.182. The van der Waals surface area contributed by atoms with Gasteiger partial charge in [-0.25, -0.2) is 4.79 Å². The second kappa shape index (κ2) is 7.35. The molecule has 0 spiro atoms. The largest absolute Gasteiger partial charge is 0.497 e. The maximum atomic E-state index is 12.4. The number of methoxy groups -OCH3 is 2. The lowest BCUT2D eigenvalue weighted by Crippen LogP contribution is -2.25. The number of aromatic nitrogens is 1. The summed E-state index contributed by atoms with van der Waals surface area (Å²) in [5.41, 5.74) is 2.82. The molecule has 7 heteroatoms. The summed E-state index contributed by atoms with van der Waals surface area (Å²) in [6.07, 6.45) is 1.77. The minimum atomic E-state index is -1.09. The number of hydrogen-bond donors (Lipinski definition) is 2. The van der Waals surface area contributed by atoms with Gasteiger partial charge in [0.15, 0.2) is 0 Å². The number of benzene rings is 2. The van der Waals surface area contributed by atoms with Gasteiger partial charge in [0.1, 0.15) is 17.1 Å². The molecule has 0 bridgehead atoms. The van der Waals surface area contributed by atoms with Crippen molar-refractivity contribution in [1.29, 1.82) is 0 Å². The van der Waals surface area contributed by atoms with Crippen molar-refractivity contribution in [2.75, 3.05) is 19.5 Å². The van der Waals surface area contributed by atoms with Gasteiger partial charge in [-0.15, -0.1) is 0 Å². The lowest BCUT2D eigenvalue weighted by atomic mass is 9.88. The molecule has 29 heavy (non-hydrogen) atoms. The van der Waals surface area contributed by atoms with E-state index in [0.29, 0.717) is 17.2 Å². The summed E-state index contributed by atoms with van der Waals surface area (Å²) in [7, 11) is 3.18. The lowest BCUT2D eigenvalue weighted by Gasteiger charge is -2.26. The summed E-state index contributed by atoms with van der Waals surface area (Å²) < 4.78 is 12.3. The van der Waals surface area contributed by atoms with E-state index in [4.69, 9.17) is 9.47 Å². The van der Waals surface area contributed by atoms with Crippen molar-refractivity contribution in [2.24, 2.45) is 0 Å². The Morgan fingerprint density at radius 3 is 2.17 bits per heavy atom. The standard InChI is InChI=1S/C22H20N2O5/c1-28-15-7-3-13(4-8-15)17-11-19(25)23-20-18(22(26)27)12-24(21(17)20)14-5-9-16(29-2)10-6-14/h3-10,12,17H,11H2,1-2H3,(H,23,25)(H,26,27)/t17-/m0/s1. The highest BCUT2D eigenvalue weighted by atomic mass is 16.5. The molecule has 3 aromatic rings. The molecular formula is C22H20N2O5.